The highest BCUT2D eigenvalue weighted by Crippen LogP contribution is 2.31. The second-order valence-corrected chi connectivity index (χ2v) is 12.8. The molecule has 6 atom stereocenters. The van der Waals surface area contributed by atoms with Crippen LogP contribution in [-0.2, 0) is 9.59 Å². The zero-order chi connectivity index (χ0) is 32.2. The first-order valence-electron chi connectivity index (χ1n) is 16.3. The number of aliphatic hydroxyl groups excluding tert-OH is 2. The van der Waals surface area contributed by atoms with E-state index in [9.17, 15) is 24.6 Å². The molecule has 1 saturated carbocycles. The van der Waals surface area contributed by atoms with Gasteiger partial charge in [-0.15, -0.1) is 0 Å². The largest absolute Gasteiger partial charge is 0.391 e. The van der Waals surface area contributed by atoms with Crippen molar-refractivity contribution in [2.24, 2.45) is 29.4 Å². The lowest BCUT2D eigenvalue weighted by molar-refractivity contribution is -0.148. The standard InChI is InChI=1S/C35H52N4O5/c1-5-24(4)32(33(36)42)39(22-31(41)26-16-10-7-11-17-26)35(44)27(23(2)3)21-30(40)29(20-25-14-8-6-9-15-25)38-34(43)28-18-12-13-19-37-28/h7,10-13,16-19,23-25,27,29-32,40-41H,5-6,8-9,14-15,20-22H2,1-4H3,(H2,36,42)(H,38,43)/t24-,27-,29-,30-,31?,32-/m0/s1. The second kappa shape index (κ2) is 17.3. The third-order valence-corrected chi connectivity index (χ3v) is 9.26. The Kier molecular flexibility index (Phi) is 13.8. The number of hydrogen-bond donors (Lipinski definition) is 4. The summed E-state index contributed by atoms with van der Waals surface area (Å²) < 4.78 is 0. The summed E-state index contributed by atoms with van der Waals surface area (Å²) in [5.41, 5.74) is 6.78. The number of aromatic nitrogens is 1. The lowest BCUT2D eigenvalue weighted by Gasteiger charge is -2.39. The average Bonchev–Trinajstić information content (AvgIpc) is 3.03. The number of hydrogen-bond acceptors (Lipinski definition) is 6. The molecule has 9 nitrogen and oxygen atoms in total. The molecule has 1 heterocycles. The molecule has 9 heteroatoms. The lowest BCUT2D eigenvalue weighted by Crippen LogP contribution is -2.55. The summed E-state index contributed by atoms with van der Waals surface area (Å²) in [7, 11) is 0. The van der Waals surface area contributed by atoms with E-state index in [1.165, 1.54) is 11.3 Å². The van der Waals surface area contributed by atoms with Crippen molar-refractivity contribution in [2.45, 2.75) is 103 Å². The Hall–Kier alpha value is -3.30. The Balaban J connectivity index is 1.89. The number of amides is 3. The van der Waals surface area contributed by atoms with Crippen molar-refractivity contribution >= 4 is 17.7 Å². The van der Waals surface area contributed by atoms with E-state index in [0.717, 1.165) is 25.7 Å². The Morgan fingerprint density at radius 2 is 1.66 bits per heavy atom. The van der Waals surface area contributed by atoms with Crippen molar-refractivity contribution in [1.29, 1.82) is 0 Å². The molecule has 44 heavy (non-hydrogen) atoms. The molecular weight excluding hydrogens is 556 g/mol. The second-order valence-electron chi connectivity index (χ2n) is 12.8. The van der Waals surface area contributed by atoms with Gasteiger partial charge in [0.25, 0.3) is 5.91 Å². The first kappa shape index (κ1) is 35.2. The van der Waals surface area contributed by atoms with Gasteiger partial charge < -0.3 is 26.2 Å². The van der Waals surface area contributed by atoms with Crippen molar-refractivity contribution in [3.8, 4) is 0 Å². The van der Waals surface area contributed by atoms with E-state index < -0.39 is 36.1 Å². The number of carbonyl (C=O) groups excluding carboxylic acids is 3. The maximum absolute atomic E-state index is 14.4. The number of nitrogens with zero attached hydrogens (tertiary/aromatic N) is 2. The molecule has 1 aromatic carbocycles. The zero-order valence-electron chi connectivity index (χ0n) is 26.8. The number of primary amides is 1. The van der Waals surface area contributed by atoms with Crippen LogP contribution in [0.3, 0.4) is 0 Å². The monoisotopic (exact) mass is 608 g/mol. The Labute approximate surface area is 262 Å². The molecule has 3 rings (SSSR count). The van der Waals surface area contributed by atoms with Crippen LogP contribution in [0.5, 0.6) is 0 Å². The predicted octanol–water partition coefficient (Wildman–Crippen LogP) is 4.64. The zero-order valence-corrected chi connectivity index (χ0v) is 26.8. The van der Waals surface area contributed by atoms with Crippen LogP contribution in [-0.4, -0.2) is 62.6 Å². The maximum atomic E-state index is 14.4. The molecule has 3 amide bonds. The Morgan fingerprint density at radius 1 is 1.00 bits per heavy atom. The smallest absolute Gasteiger partial charge is 0.270 e. The fraction of sp³-hybridized carbons (Fsp3) is 0.600. The number of nitrogens with two attached hydrogens (primary N) is 1. The Bertz CT molecular complexity index is 1170. The van der Waals surface area contributed by atoms with Crippen LogP contribution in [0.1, 0.15) is 101 Å². The van der Waals surface area contributed by atoms with Gasteiger partial charge in [0.1, 0.15) is 11.7 Å². The summed E-state index contributed by atoms with van der Waals surface area (Å²) in [6, 6.07) is 12.6. The number of nitrogens with one attached hydrogen (secondary N) is 1. The normalized spacial score (nSPS) is 18.1. The highest BCUT2D eigenvalue weighted by molar-refractivity contribution is 5.92. The number of benzene rings is 1. The minimum Gasteiger partial charge on any atom is -0.391 e. The number of carbonyl (C=O) groups is 3. The fourth-order valence-electron chi connectivity index (χ4n) is 6.40. The van der Waals surface area contributed by atoms with Crippen molar-refractivity contribution in [1.82, 2.24) is 15.2 Å². The van der Waals surface area contributed by atoms with Crippen molar-refractivity contribution in [3.05, 3.63) is 66.0 Å². The molecule has 0 saturated heterocycles. The third kappa shape index (κ3) is 9.86. The topological polar surface area (TPSA) is 146 Å². The number of aliphatic hydroxyl groups is 2. The van der Waals surface area contributed by atoms with E-state index in [4.69, 9.17) is 5.73 Å². The molecule has 1 fully saturated rings. The molecule has 5 N–H and O–H groups in total. The summed E-state index contributed by atoms with van der Waals surface area (Å²) in [4.78, 5) is 46.0. The molecule has 1 aromatic heterocycles. The summed E-state index contributed by atoms with van der Waals surface area (Å²) >= 11 is 0. The first-order chi connectivity index (χ1) is 21.0. The van der Waals surface area contributed by atoms with Crippen molar-refractivity contribution < 1.29 is 24.6 Å². The summed E-state index contributed by atoms with van der Waals surface area (Å²) in [5, 5.41) is 25.9. The van der Waals surface area contributed by atoms with Gasteiger partial charge in [-0.05, 0) is 48.3 Å². The lowest BCUT2D eigenvalue weighted by atomic mass is 9.80. The van der Waals surface area contributed by atoms with Gasteiger partial charge >= 0.3 is 0 Å². The molecule has 0 spiro atoms. The maximum Gasteiger partial charge on any atom is 0.270 e. The SMILES string of the molecule is CC[C@H](C)[C@@H](C(N)=O)N(CC(O)c1ccccc1)C(=O)[C@@H](C[C@H](O)[C@H](CC1CCCCC1)NC(=O)c1ccccn1)C(C)C. The van der Waals surface area contributed by atoms with Gasteiger partial charge in [0.15, 0.2) is 0 Å². The van der Waals surface area contributed by atoms with Crippen LogP contribution < -0.4 is 11.1 Å². The molecule has 1 aliphatic carbocycles. The molecule has 1 aliphatic rings. The predicted molar refractivity (Wildman–Crippen MR) is 171 cm³/mol. The van der Waals surface area contributed by atoms with Gasteiger partial charge in [0.05, 0.1) is 24.8 Å². The molecule has 1 unspecified atom stereocenters. The Morgan fingerprint density at radius 3 is 2.23 bits per heavy atom. The van der Waals surface area contributed by atoms with Crippen LogP contribution in [0.15, 0.2) is 54.7 Å². The highest BCUT2D eigenvalue weighted by Gasteiger charge is 2.39. The van der Waals surface area contributed by atoms with Gasteiger partial charge in [-0.1, -0.05) is 103 Å². The van der Waals surface area contributed by atoms with E-state index in [2.05, 4.69) is 10.3 Å². The summed E-state index contributed by atoms with van der Waals surface area (Å²) in [5.74, 6) is -2.09. The third-order valence-electron chi connectivity index (χ3n) is 9.26. The van der Waals surface area contributed by atoms with E-state index >= 15 is 0 Å². The van der Waals surface area contributed by atoms with Gasteiger partial charge in [-0.25, -0.2) is 0 Å². The van der Waals surface area contributed by atoms with Gasteiger partial charge in [-0.3, -0.25) is 19.4 Å². The highest BCUT2D eigenvalue weighted by atomic mass is 16.3. The fourth-order valence-corrected chi connectivity index (χ4v) is 6.40. The number of pyridine rings is 1. The molecule has 0 bridgehead atoms. The van der Waals surface area contributed by atoms with Crippen LogP contribution in [0.2, 0.25) is 0 Å². The summed E-state index contributed by atoms with van der Waals surface area (Å²) in [6.45, 7) is 7.51. The minimum absolute atomic E-state index is 0.0836. The quantitative estimate of drug-likeness (QED) is 0.219. The summed E-state index contributed by atoms with van der Waals surface area (Å²) in [6.07, 6.45) is 6.32. The number of rotatable bonds is 16. The van der Waals surface area contributed by atoms with E-state index in [1.54, 1.807) is 36.5 Å². The van der Waals surface area contributed by atoms with E-state index in [0.29, 0.717) is 24.3 Å². The molecule has 0 radical (unpaired) electrons. The van der Waals surface area contributed by atoms with Gasteiger partial charge in [0, 0.05) is 12.1 Å². The van der Waals surface area contributed by atoms with Crippen LogP contribution >= 0.6 is 0 Å². The van der Waals surface area contributed by atoms with Crippen LogP contribution in [0.25, 0.3) is 0 Å². The van der Waals surface area contributed by atoms with E-state index in [-0.39, 0.29) is 42.3 Å². The van der Waals surface area contributed by atoms with Crippen LogP contribution in [0, 0.1) is 23.7 Å². The minimum atomic E-state index is -1.03. The molecular formula is C35H52N4O5. The van der Waals surface area contributed by atoms with Gasteiger partial charge in [-0.2, -0.15) is 0 Å². The van der Waals surface area contributed by atoms with Crippen molar-refractivity contribution in [2.75, 3.05) is 6.54 Å². The molecule has 242 valence electrons. The molecule has 0 aliphatic heterocycles. The van der Waals surface area contributed by atoms with Crippen molar-refractivity contribution in [3.63, 3.8) is 0 Å². The van der Waals surface area contributed by atoms with Crippen LogP contribution in [0.4, 0.5) is 0 Å². The van der Waals surface area contributed by atoms with Gasteiger partial charge in [0.2, 0.25) is 11.8 Å². The average molecular weight is 609 g/mol. The first-order valence-corrected chi connectivity index (χ1v) is 16.3. The van der Waals surface area contributed by atoms with E-state index in [1.807, 2.05) is 45.9 Å². The molecule has 2 aromatic rings.